The summed E-state index contributed by atoms with van der Waals surface area (Å²) in [5.74, 6) is 0.587. The first-order chi connectivity index (χ1) is 19.4. The molecular weight excluding hydrogens is 526 g/mol. The van der Waals surface area contributed by atoms with Crippen LogP contribution in [-0.2, 0) is 17.8 Å². The number of aromatic nitrogens is 1. The second-order valence-electron chi connectivity index (χ2n) is 11.3. The van der Waals surface area contributed by atoms with Gasteiger partial charge in [0.15, 0.2) is 0 Å². The Morgan fingerprint density at radius 1 is 1.10 bits per heavy atom. The first kappa shape index (κ1) is 27.0. The molecule has 2 saturated heterocycles. The zero-order chi connectivity index (χ0) is 27.8. The highest BCUT2D eigenvalue weighted by Crippen LogP contribution is 2.36. The molecule has 2 aromatic carbocycles. The molecule has 3 aliphatic rings. The van der Waals surface area contributed by atoms with E-state index in [1.807, 2.05) is 24.3 Å². The van der Waals surface area contributed by atoms with Gasteiger partial charge in [0.05, 0.1) is 29.8 Å². The van der Waals surface area contributed by atoms with E-state index >= 15 is 0 Å². The average molecular weight is 562 g/mol. The van der Waals surface area contributed by atoms with Crippen molar-refractivity contribution in [3.05, 3.63) is 64.3 Å². The molecule has 1 aromatic heterocycles. The molecule has 2 fully saturated rings. The van der Waals surface area contributed by atoms with E-state index in [-0.39, 0.29) is 23.8 Å². The molecule has 0 radical (unpaired) electrons. The number of hydrogen-bond donors (Lipinski definition) is 1. The van der Waals surface area contributed by atoms with Gasteiger partial charge >= 0.3 is 0 Å². The number of piperidine rings is 1. The summed E-state index contributed by atoms with van der Waals surface area (Å²) >= 11 is 6.25. The van der Waals surface area contributed by atoms with Crippen molar-refractivity contribution >= 4 is 40.0 Å². The third-order valence-electron chi connectivity index (χ3n) is 8.63. The Labute approximate surface area is 240 Å². The zero-order valence-electron chi connectivity index (χ0n) is 23.2. The second kappa shape index (κ2) is 11.4. The van der Waals surface area contributed by atoms with Crippen LogP contribution < -0.4 is 15.0 Å². The molecule has 9 heteroatoms. The molecule has 0 spiro atoms. The van der Waals surface area contributed by atoms with E-state index in [9.17, 15) is 9.59 Å². The first-order valence-electron chi connectivity index (χ1n) is 14.2. The molecule has 6 rings (SSSR count). The molecule has 3 aliphatic heterocycles. The number of nitrogens with zero attached hydrogens (tertiary/aromatic N) is 4. The molecule has 4 heterocycles. The van der Waals surface area contributed by atoms with Crippen molar-refractivity contribution in [3.8, 4) is 5.75 Å². The zero-order valence-corrected chi connectivity index (χ0v) is 23.9. The fourth-order valence-electron chi connectivity index (χ4n) is 6.41. The van der Waals surface area contributed by atoms with Gasteiger partial charge in [-0.2, -0.15) is 0 Å². The number of methoxy groups -OCH3 is 1. The number of pyridine rings is 1. The van der Waals surface area contributed by atoms with Crippen LogP contribution in [0, 0.1) is 5.92 Å². The number of likely N-dealkylation sites (tertiary alicyclic amines) is 1. The van der Waals surface area contributed by atoms with Crippen LogP contribution in [0.25, 0.3) is 10.9 Å². The molecule has 0 saturated carbocycles. The predicted molar refractivity (Wildman–Crippen MR) is 157 cm³/mol. The molecule has 1 atom stereocenters. The van der Waals surface area contributed by atoms with Gasteiger partial charge in [-0.05, 0) is 63.7 Å². The van der Waals surface area contributed by atoms with Gasteiger partial charge < -0.3 is 19.9 Å². The Balaban J connectivity index is 1.23. The fraction of sp³-hybridized carbons (Fsp3) is 0.452. The molecular formula is C31H36ClN5O3. The number of para-hydroxylation sites is 1. The van der Waals surface area contributed by atoms with Gasteiger partial charge in [0.25, 0.3) is 5.91 Å². The molecule has 1 N–H and O–H groups in total. The molecule has 40 heavy (non-hydrogen) atoms. The molecule has 210 valence electrons. The molecule has 8 nitrogen and oxygen atoms in total. The Morgan fingerprint density at radius 2 is 1.90 bits per heavy atom. The van der Waals surface area contributed by atoms with Crippen LogP contribution in [0.2, 0.25) is 5.02 Å². The average Bonchev–Trinajstić information content (AvgIpc) is 3.32. The summed E-state index contributed by atoms with van der Waals surface area (Å²) in [5.41, 5.74) is 4.31. The quantitative estimate of drug-likeness (QED) is 0.487. The van der Waals surface area contributed by atoms with Crippen LogP contribution in [0.1, 0.15) is 40.9 Å². The van der Waals surface area contributed by atoms with Gasteiger partial charge in [-0.25, -0.2) is 0 Å². The van der Waals surface area contributed by atoms with Gasteiger partial charge in [-0.3, -0.25) is 19.5 Å². The minimum Gasteiger partial charge on any atom is -0.495 e. The monoisotopic (exact) mass is 561 g/mol. The number of carbonyl (C=O) groups is 2. The van der Waals surface area contributed by atoms with Gasteiger partial charge in [0.2, 0.25) is 5.91 Å². The van der Waals surface area contributed by atoms with E-state index in [0.29, 0.717) is 30.4 Å². The summed E-state index contributed by atoms with van der Waals surface area (Å²) in [6, 6.07) is 13.5. The van der Waals surface area contributed by atoms with Crippen LogP contribution in [0.15, 0.2) is 42.5 Å². The van der Waals surface area contributed by atoms with Crippen molar-refractivity contribution < 1.29 is 14.3 Å². The molecule has 0 aliphatic carbocycles. The van der Waals surface area contributed by atoms with Crippen molar-refractivity contribution in [1.29, 1.82) is 0 Å². The van der Waals surface area contributed by atoms with Crippen molar-refractivity contribution in [3.63, 3.8) is 0 Å². The summed E-state index contributed by atoms with van der Waals surface area (Å²) in [5, 5.41) is 4.80. The summed E-state index contributed by atoms with van der Waals surface area (Å²) in [7, 11) is 3.73. The normalized spacial score (nSPS) is 20.6. The summed E-state index contributed by atoms with van der Waals surface area (Å²) < 4.78 is 5.51. The van der Waals surface area contributed by atoms with Gasteiger partial charge in [0, 0.05) is 60.3 Å². The maximum absolute atomic E-state index is 13.8. The maximum atomic E-state index is 13.8. The number of hydrogen-bond acceptors (Lipinski definition) is 6. The second-order valence-corrected chi connectivity index (χ2v) is 11.7. The van der Waals surface area contributed by atoms with Crippen LogP contribution in [0.4, 0.5) is 5.69 Å². The number of fused-ring (bicyclic) bond motifs is 2. The van der Waals surface area contributed by atoms with Gasteiger partial charge in [0.1, 0.15) is 5.75 Å². The SMILES string of the molecule is COc1ccc(Cl)cc1N1CCC(CN2CCc3nc4ccccc4c(C(=O)NC4CCN(C)CC4)c3C2)C1=O. The number of anilines is 1. The van der Waals surface area contributed by atoms with Gasteiger partial charge in [-0.1, -0.05) is 29.8 Å². The van der Waals surface area contributed by atoms with E-state index < -0.39 is 0 Å². The van der Waals surface area contributed by atoms with Crippen LogP contribution in [0.5, 0.6) is 5.75 Å². The topological polar surface area (TPSA) is 78.0 Å². The highest BCUT2D eigenvalue weighted by atomic mass is 35.5. The number of halogens is 1. The summed E-state index contributed by atoms with van der Waals surface area (Å²) in [4.78, 5) is 38.7. The molecule has 1 unspecified atom stereocenters. The number of amides is 2. The summed E-state index contributed by atoms with van der Waals surface area (Å²) in [6.45, 7) is 4.65. The van der Waals surface area contributed by atoms with Crippen molar-refractivity contribution in [2.24, 2.45) is 5.92 Å². The minimum absolute atomic E-state index is 0.0116. The maximum Gasteiger partial charge on any atom is 0.252 e. The summed E-state index contributed by atoms with van der Waals surface area (Å²) in [6.07, 6.45) is 3.42. The standard InChI is InChI=1S/C31H36ClN5O3/c1-35-13-10-22(11-14-35)33-30(38)29-23-5-3-4-6-25(23)34-26-12-15-36(19-24(26)29)18-20-9-16-37(31(20)39)27-17-21(32)7-8-28(27)40-2/h3-8,17,20,22H,9-16,18-19H2,1-2H3,(H,33,38). The van der Waals surface area contributed by atoms with E-state index in [1.165, 1.54) is 0 Å². The first-order valence-corrected chi connectivity index (χ1v) is 14.6. The Bertz CT molecular complexity index is 1440. The predicted octanol–water partition coefficient (Wildman–Crippen LogP) is 4.13. The highest BCUT2D eigenvalue weighted by molar-refractivity contribution is 6.31. The third-order valence-corrected chi connectivity index (χ3v) is 8.87. The van der Waals surface area contributed by atoms with E-state index in [0.717, 1.165) is 78.7 Å². The number of nitrogens with one attached hydrogen (secondary N) is 1. The minimum atomic E-state index is -0.129. The van der Waals surface area contributed by atoms with Crippen molar-refractivity contribution in [2.45, 2.75) is 38.3 Å². The third kappa shape index (κ3) is 5.28. The fourth-order valence-corrected chi connectivity index (χ4v) is 6.57. The smallest absolute Gasteiger partial charge is 0.252 e. The number of carbonyl (C=O) groups excluding carboxylic acids is 2. The van der Waals surface area contributed by atoms with E-state index in [4.69, 9.17) is 21.3 Å². The van der Waals surface area contributed by atoms with Crippen LogP contribution in [-0.4, -0.2) is 79.5 Å². The lowest BCUT2D eigenvalue weighted by Gasteiger charge is -2.33. The lowest BCUT2D eigenvalue weighted by atomic mass is 9.93. The Morgan fingerprint density at radius 3 is 2.70 bits per heavy atom. The molecule has 3 aromatic rings. The van der Waals surface area contributed by atoms with Crippen molar-refractivity contribution in [1.82, 2.24) is 20.1 Å². The lowest BCUT2D eigenvalue weighted by molar-refractivity contribution is -0.121. The van der Waals surface area contributed by atoms with Crippen LogP contribution in [0.3, 0.4) is 0 Å². The lowest BCUT2D eigenvalue weighted by Crippen LogP contribution is -2.44. The number of benzene rings is 2. The molecule has 2 amide bonds. The van der Waals surface area contributed by atoms with E-state index in [1.54, 1.807) is 30.2 Å². The van der Waals surface area contributed by atoms with Crippen molar-refractivity contribution in [2.75, 3.05) is 51.8 Å². The van der Waals surface area contributed by atoms with Crippen LogP contribution >= 0.6 is 11.6 Å². The van der Waals surface area contributed by atoms with Gasteiger partial charge in [-0.15, -0.1) is 0 Å². The molecule has 0 bridgehead atoms. The Hall–Kier alpha value is -3.20. The Kier molecular flexibility index (Phi) is 7.66. The highest BCUT2D eigenvalue weighted by Gasteiger charge is 2.36. The number of ether oxygens (including phenoxy) is 1. The number of rotatable bonds is 6. The largest absolute Gasteiger partial charge is 0.495 e. The van der Waals surface area contributed by atoms with E-state index in [2.05, 4.69) is 22.2 Å².